The van der Waals surface area contributed by atoms with E-state index >= 15 is 0 Å². The third kappa shape index (κ3) is 2.78. The van der Waals surface area contributed by atoms with E-state index in [1.54, 1.807) is 12.3 Å². The van der Waals surface area contributed by atoms with Crippen LogP contribution in [0.3, 0.4) is 0 Å². The maximum Gasteiger partial charge on any atom is 0.270 e. The Morgan fingerprint density at radius 1 is 1.41 bits per heavy atom. The molecule has 0 saturated heterocycles. The SMILES string of the molecule is O=c1c(CCO)c[nH]n1Cc1cccc(Cl)c1. The minimum Gasteiger partial charge on any atom is -0.396 e. The van der Waals surface area contributed by atoms with Gasteiger partial charge in [0.1, 0.15) is 0 Å². The number of aromatic amines is 1. The summed E-state index contributed by atoms with van der Waals surface area (Å²) in [5.74, 6) is 0. The molecule has 2 aromatic rings. The van der Waals surface area contributed by atoms with Crippen LogP contribution in [0.2, 0.25) is 5.02 Å². The van der Waals surface area contributed by atoms with Gasteiger partial charge < -0.3 is 10.2 Å². The number of H-pyrrole nitrogens is 1. The fourth-order valence-electron chi connectivity index (χ4n) is 1.68. The van der Waals surface area contributed by atoms with Gasteiger partial charge >= 0.3 is 0 Å². The maximum atomic E-state index is 11.8. The van der Waals surface area contributed by atoms with Gasteiger partial charge in [0.05, 0.1) is 6.54 Å². The number of halogens is 1. The fourth-order valence-corrected chi connectivity index (χ4v) is 1.90. The van der Waals surface area contributed by atoms with Gasteiger partial charge in [-0.25, -0.2) is 4.68 Å². The van der Waals surface area contributed by atoms with E-state index in [1.165, 1.54) is 4.68 Å². The topological polar surface area (TPSA) is 58.0 Å². The van der Waals surface area contributed by atoms with Crippen molar-refractivity contribution in [2.75, 3.05) is 6.61 Å². The highest BCUT2D eigenvalue weighted by molar-refractivity contribution is 6.30. The van der Waals surface area contributed by atoms with Crippen LogP contribution in [0.1, 0.15) is 11.1 Å². The molecule has 0 aliphatic heterocycles. The Balaban J connectivity index is 2.22. The molecule has 1 aromatic carbocycles. The lowest BCUT2D eigenvalue weighted by atomic mass is 10.2. The van der Waals surface area contributed by atoms with Crippen LogP contribution in [-0.2, 0) is 13.0 Å². The molecule has 4 nitrogen and oxygen atoms in total. The van der Waals surface area contributed by atoms with Crippen molar-refractivity contribution in [1.82, 2.24) is 9.78 Å². The first kappa shape index (κ1) is 12.0. The van der Waals surface area contributed by atoms with Crippen molar-refractivity contribution in [2.45, 2.75) is 13.0 Å². The monoisotopic (exact) mass is 252 g/mol. The van der Waals surface area contributed by atoms with E-state index in [-0.39, 0.29) is 12.2 Å². The number of nitrogens with zero attached hydrogens (tertiary/aromatic N) is 1. The molecule has 90 valence electrons. The van der Waals surface area contributed by atoms with E-state index in [2.05, 4.69) is 5.10 Å². The molecule has 0 aliphatic carbocycles. The van der Waals surface area contributed by atoms with Gasteiger partial charge in [0, 0.05) is 29.8 Å². The van der Waals surface area contributed by atoms with Crippen molar-refractivity contribution in [3.63, 3.8) is 0 Å². The molecule has 0 unspecified atom stereocenters. The van der Waals surface area contributed by atoms with Crippen LogP contribution in [0.5, 0.6) is 0 Å². The lowest BCUT2D eigenvalue weighted by molar-refractivity contribution is 0.299. The molecule has 0 saturated carbocycles. The van der Waals surface area contributed by atoms with E-state index < -0.39 is 0 Å². The van der Waals surface area contributed by atoms with E-state index in [4.69, 9.17) is 16.7 Å². The van der Waals surface area contributed by atoms with Crippen molar-refractivity contribution >= 4 is 11.6 Å². The number of hydrogen-bond donors (Lipinski definition) is 2. The molecular weight excluding hydrogens is 240 g/mol. The fraction of sp³-hybridized carbons (Fsp3) is 0.250. The van der Waals surface area contributed by atoms with Crippen LogP contribution in [0, 0.1) is 0 Å². The quantitative estimate of drug-likeness (QED) is 0.865. The van der Waals surface area contributed by atoms with Gasteiger partial charge in [0.2, 0.25) is 0 Å². The minimum absolute atomic E-state index is 0.0236. The molecule has 0 spiro atoms. The number of nitrogens with one attached hydrogen (secondary N) is 1. The van der Waals surface area contributed by atoms with E-state index in [0.29, 0.717) is 23.6 Å². The Bertz CT molecular complexity index is 560. The number of benzene rings is 1. The normalized spacial score (nSPS) is 10.7. The Hall–Kier alpha value is -1.52. The molecule has 1 heterocycles. The van der Waals surface area contributed by atoms with Gasteiger partial charge in [-0.05, 0) is 17.7 Å². The van der Waals surface area contributed by atoms with Gasteiger partial charge in [-0.2, -0.15) is 0 Å². The summed E-state index contributed by atoms with van der Waals surface area (Å²) in [6.07, 6.45) is 2.00. The summed E-state index contributed by atoms with van der Waals surface area (Å²) >= 11 is 5.88. The largest absolute Gasteiger partial charge is 0.396 e. The molecule has 2 N–H and O–H groups in total. The Kier molecular flexibility index (Phi) is 3.66. The van der Waals surface area contributed by atoms with Crippen molar-refractivity contribution in [3.8, 4) is 0 Å². The zero-order chi connectivity index (χ0) is 12.3. The number of aromatic nitrogens is 2. The minimum atomic E-state index is -0.0981. The average molecular weight is 253 g/mol. The second kappa shape index (κ2) is 5.21. The summed E-state index contributed by atoms with van der Waals surface area (Å²) in [6.45, 7) is 0.426. The third-order valence-corrected chi connectivity index (χ3v) is 2.76. The predicted molar refractivity (Wildman–Crippen MR) is 66.4 cm³/mol. The van der Waals surface area contributed by atoms with Crippen LogP contribution in [0.4, 0.5) is 0 Å². The second-order valence-corrected chi connectivity index (χ2v) is 4.23. The average Bonchev–Trinajstić information content (AvgIpc) is 2.62. The highest BCUT2D eigenvalue weighted by Crippen LogP contribution is 2.11. The molecule has 0 radical (unpaired) electrons. The first-order chi connectivity index (χ1) is 8.20. The lowest BCUT2D eigenvalue weighted by Gasteiger charge is -2.02. The maximum absolute atomic E-state index is 11.8. The van der Waals surface area contributed by atoms with Crippen molar-refractivity contribution < 1.29 is 5.11 Å². The van der Waals surface area contributed by atoms with Crippen molar-refractivity contribution in [1.29, 1.82) is 0 Å². The second-order valence-electron chi connectivity index (χ2n) is 3.79. The summed E-state index contributed by atoms with van der Waals surface area (Å²) in [5.41, 5.74) is 1.45. The van der Waals surface area contributed by atoms with Gasteiger partial charge in [0.25, 0.3) is 5.56 Å². The highest BCUT2D eigenvalue weighted by atomic mass is 35.5. The summed E-state index contributed by atoms with van der Waals surface area (Å²) in [7, 11) is 0. The first-order valence-corrected chi connectivity index (χ1v) is 5.71. The molecule has 0 atom stereocenters. The first-order valence-electron chi connectivity index (χ1n) is 5.33. The highest BCUT2D eigenvalue weighted by Gasteiger charge is 2.05. The zero-order valence-electron chi connectivity index (χ0n) is 9.19. The van der Waals surface area contributed by atoms with Crippen LogP contribution in [-0.4, -0.2) is 21.5 Å². The molecule has 0 fully saturated rings. The summed E-state index contributed by atoms with van der Waals surface area (Å²) < 4.78 is 1.50. The molecule has 2 rings (SSSR count). The molecule has 1 aromatic heterocycles. The van der Waals surface area contributed by atoms with Crippen molar-refractivity contribution in [2.24, 2.45) is 0 Å². The van der Waals surface area contributed by atoms with Gasteiger partial charge in [-0.3, -0.25) is 4.79 Å². The molecule has 5 heteroatoms. The molecule has 17 heavy (non-hydrogen) atoms. The number of aliphatic hydroxyl groups excluding tert-OH is 1. The van der Waals surface area contributed by atoms with E-state index in [0.717, 1.165) is 5.56 Å². The standard InChI is InChI=1S/C12H13ClN2O2/c13-11-3-1-2-9(6-11)8-15-12(17)10(4-5-16)7-14-15/h1-3,6-7,14,16H,4-5,8H2. The van der Waals surface area contributed by atoms with Gasteiger partial charge in [-0.15, -0.1) is 0 Å². The number of aliphatic hydroxyl groups is 1. The summed E-state index contributed by atoms with van der Waals surface area (Å²) in [5, 5.41) is 12.3. The predicted octanol–water partition coefficient (Wildman–Crippen LogP) is 1.41. The summed E-state index contributed by atoms with van der Waals surface area (Å²) in [4.78, 5) is 11.8. The summed E-state index contributed by atoms with van der Waals surface area (Å²) in [6, 6.07) is 7.37. The Morgan fingerprint density at radius 2 is 2.24 bits per heavy atom. The smallest absolute Gasteiger partial charge is 0.270 e. The third-order valence-electron chi connectivity index (χ3n) is 2.53. The van der Waals surface area contributed by atoms with Crippen LogP contribution in [0.15, 0.2) is 35.3 Å². The van der Waals surface area contributed by atoms with E-state index in [9.17, 15) is 4.79 Å². The van der Waals surface area contributed by atoms with Crippen molar-refractivity contribution in [3.05, 3.63) is 57.0 Å². The number of hydrogen-bond acceptors (Lipinski definition) is 2. The van der Waals surface area contributed by atoms with Crippen LogP contribution >= 0.6 is 11.6 Å². The molecule has 0 aliphatic rings. The molecular formula is C12H13ClN2O2. The van der Waals surface area contributed by atoms with Crippen LogP contribution in [0.25, 0.3) is 0 Å². The van der Waals surface area contributed by atoms with Gasteiger partial charge in [-0.1, -0.05) is 23.7 Å². The zero-order valence-corrected chi connectivity index (χ0v) is 9.94. The number of rotatable bonds is 4. The van der Waals surface area contributed by atoms with Gasteiger partial charge in [0.15, 0.2) is 0 Å². The molecule has 0 bridgehead atoms. The Labute approximate surface area is 103 Å². The lowest BCUT2D eigenvalue weighted by Crippen LogP contribution is -2.20. The van der Waals surface area contributed by atoms with Crippen LogP contribution < -0.4 is 5.56 Å². The molecule has 0 amide bonds. The van der Waals surface area contributed by atoms with E-state index in [1.807, 2.05) is 18.2 Å². The Morgan fingerprint density at radius 3 is 2.94 bits per heavy atom.